The highest BCUT2D eigenvalue weighted by Crippen LogP contribution is 2.40. The molecule has 0 radical (unpaired) electrons. The molecule has 1 fully saturated rings. The molecule has 0 atom stereocenters. The van der Waals surface area contributed by atoms with Gasteiger partial charge in [-0.2, -0.15) is 0 Å². The normalized spacial score (nSPS) is 17.2. The molecule has 28 heavy (non-hydrogen) atoms. The number of nitrogens with zero attached hydrogens (tertiary/aromatic N) is 1. The Bertz CT molecular complexity index is 559. The van der Waals surface area contributed by atoms with Crippen LogP contribution in [-0.4, -0.2) is 59.2 Å². The Morgan fingerprint density at radius 3 is 2.36 bits per heavy atom. The number of halogens is 1. The van der Waals surface area contributed by atoms with E-state index < -0.39 is 9.84 Å². The van der Waals surface area contributed by atoms with Crippen molar-refractivity contribution in [3.8, 4) is 0 Å². The second kappa shape index (κ2) is 13.3. The minimum Gasteiger partial charge on any atom is -0.382 e. The third-order valence-corrected chi connectivity index (χ3v) is 6.38. The van der Waals surface area contributed by atoms with Gasteiger partial charge in [-0.25, -0.2) is 8.42 Å². The molecule has 1 aliphatic rings. The van der Waals surface area contributed by atoms with Gasteiger partial charge in [-0.1, -0.05) is 26.7 Å². The number of guanidine groups is 1. The summed E-state index contributed by atoms with van der Waals surface area (Å²) in [5.41, 5.74) is 0.155. The van der Waals surface area contributed by atoms with Gasteiger partial charge in [-0.3, -0.25) is 4.99 Å². The third kappa shape index (κ3) is 11.8. The van der Waals surface area contributed by atoms with E-state index in [2.05, 4.69) is 31.4 Å². The van der Waals surface area contributed by atoms with Gasteiger partial charge in [-0.05, 0) is 50.4 Å². The Morgan fingerprint density at radius 2 is 1.82 bits per heavy atom. The van der Waals surface area contributed by atoms with Crippen molar-refractivity contribution in [2.75, 3.05) is 44.9 Å². The van der Waals surface area contributed by atoms with Crippen LogP contribution < -0.4 is 10.6 Å². The number of aliphatic imine (C=N–C) groups is 1. The van der Waals surface area contributed by atoms with Gasteiger partial charge in [0.25, 0.3) is 0 Å². The highest BCUT2D eigenvalue weighted by Gasteiger charge is 2.33. The molecule has 0 aliphatic heterocycles. The van der Waals surface area contributed by atoms with Gasteiger partial charge in [-0.15, -0.1) is 24.0 Å². The number of sulfone groups is 1. The van der Waals surface area contributed by atoms with Crippen LogP contribution in [0.3, 0.4) is 0 Å². The fourth-order valence-corrected chi connectivity index (χ4v) is 4.44. The zero-order chi connectivity index (χ0) is 20.4. The van der Waals surface area contributed by atoms with Crippen LogP contribution in [0.4, 0.5) is 0 Å². The quantitative estimate of drug-likeness (QED) is 0.174. The summed E-state index contributed by atoms with van der Waals surface area (Å²) in [6.07, 6.45) is 8.07. The molecule has 0 spiro atoms. The van der Waals surface area contributed by atoms with Crippen molar-refractivity contribution in [3.05, 3.63) is 0 Å². The molecule has 1 aliphatic carbocycles. The molecular formula is C20H42IN3O3S. The molecule has 0 saturated heterocycles. The van der Waals surface area contributed by atoms with E-state index in [0.717, 1.165) is 38.7 Å². The van der Waals surface area contributed by atoms with Crippen LogP contribution >= 0.6 is 24.0 Å². The van der Waals surface area contributed by atoms with E-state index in [-0.39, 0.29) is 35.1 Å². The lowest BCUT2D eigenvalue weighted by molar-refractivity contribution is 0.105. The first-order chi connectivity index (χ1) is 12.6. The Balaban J connectivity index is 0.00000729. The smallest absolute Gasteiger partial charge is 0.191 e. The van der Waals surface area contributed by atoms with Crippen molar-refractivity contribution in [1.29, 1.82) is 0 Å². The molecule has 0 aromatic carbocycles. The van der Waals surface area contributed by atoms with E-state index in [1.165, 1.54) is 31.9 Å². The Morgan fingerprint density at radius 1 is 1.18 bits per heavy atom. The summed E-state index contributed by atoms with van der Waals surface area (Å²) in [6, 6.07) is 0. The third-order valence-electron chi connectivity index (χ3n) is 5.43. The standard InChI is InChI=1S/C20H41N3O3S.HI/c1-6-21-18(22-16-19(3,4)13-15-27(5,24)25)23-17-20(10-8-9-11-20)12-14-26-7-2;/h6-17H2,1-5H3,(H2,21,22,23);1H. The molecule has 2 N–H and O–H groups in total. The molecule has 0 amide bonds. The number of rotatable bonds is 12. The summed E-state index contributed by atoms with van der Waals surface area (Å²) in [7, 11) is -2.94. The maximum atomic E-state index is 11.4. The molecule has 1 rings (SSSR count). The lowest BCUT2D eigenvalue weighted by Gasteiger charge is -2.30. The van der Waals surface area contributed by atoms with Crippen molar-refractivity contribution >= 4 is 39.8 Å². The Hall–Kier alpha value is -0.0900. The lowest BCUT2D eigenvalue weighted by atomic mass is 9.83. The van der Waals surface area contributed by atoms with Gasteiger partial charge < -0.3 is 15.4 Å². The van der Waals surface area contributed by atoms with Crippen molar-refractivity contribution < 1.29 is 13.2 Å². The van der Waals surface area contributed by atoms with Crippen LogP contribution in [0.15, 0.2) is 4.99 Å². The van der Waals surface area contributed by atoms with Crippen LogP contribution in [0.5, 0.6) is 0 Å². The van der Waals surface area contributed by atoms with Crippen molar-refractivity contribution in [2.24, 2.45) is 15.8 Å². The van der Waals surface area contributed by atoms with Crippen LogP contribution in [0.25, 0.3) is 0 Å². The molecule has 0 aromatic heterocycles. The fourth-order valence-electron chi connectivity index (χ4n) is 3.52. The van der Waals surface area contributed by atoms with E-state index in [1.807, 2.05) is 6.92 Å². The Kier molecular flexibility index (Phi) is 13.2. The van der Waals surface area contributed by atoms with Crippen molar-refractivity contribution in [3.63, 3.8) is 0 Å². The van der Waals surface area contributed by atoms with E-state index in [4.69, 9.17) is 9.73 Å². The largest absolute Gasteiger partial charge is 0.382 e. The van der Waals surface area contributed by atoms with E-state index in [0.29, 0.717) is 18.4 Å². The van der Waals surface area contributed by atoms with Crippen molar-refractivity contribution in [1.82, 2.24) is 10.6 Å². The van der Waals surface area contributed by atoms with E-state index >= 15 is 0 Å². The fraction of sp³-hybridized carbons (Fsp3) is 0.950. The summed E-state index contributed by atoms with van der Waals surface area (Å²) in [5, 5.41) is 6.87. The predicted octanol–water partition coefficient (Wildman–Crippen LogP) is 3.61. The van der Waals surface area contributed by atoms with Crippen LogP contribution in [0.2, 0.25) is 0 Å². The molecule has 0 unspecified atom stereocenters. The highest BCUT2D eigenvalue weighted by molar-refractivity contribution is 14.0. The highest BCUT2D eigenvalue weighted by atomic mass is 127. The van der Waals surface area contributed by atoms with Crippen LogP contribution in [-0.2, 0) is 14.6 Å². The van der Waals surface area contributed by atoms with Crippen LogP contribution in [0, 0.1) is 10.8 Å². The lowest BCUT2D eigenvalue weighted by Crippen LogP contribution is -2.44. The maximum Gasteiger partial charge on any atom is 0.191 e. The zero-order valence-electron chi connectivity index (χ0n) is 18.5. The molecule has 0 bridgehead atoms. The minimum absolute atomic E-state index is 0. The molecule has 0 heterocycles. The maximum absolute atomic E-state index is 11.4. The SMILES string of the molecule is CCNC(=NCC(C)(C)CCS(C)(=O)=O)NCC1(CCOCC)CCCC1.I. The molecule has 1 saturated carbocycles. The average Bonchev–Trinajstić information content (AvgIpc) is 3.05. The first-order valence-electron chi connectivity index (χ1n) is 10.4. The van der Waals surface area contributed by atoms with Gasteiger partial charge in [0.1, 0.15) is 9.84 Å². The molecule has 6 nitrogen and oxygen atoms in total. The van der Waals surface area contributed by atoms with E-state index in [9.17, 15) is 8.42 Å². The Labute approximate surface area is 190 Å². The average molecular weight is 532 g/mol. The summed E-state index contributed by atoms with van der Waals surface area (Å²) >= 11 is 0. The van der Waals surface area contributed by atoms with Crippen molar-refractivity contribution in [2.45, 2.75) is 66.2 Å². The molecular weight excluding hydrogens is 489 g/mol. The number of hydrogen-bond donors (Lipinski definition) is 2. The summed E-state index contributed by atoms with van der Waals surface area (Å²) in [6.45, 7) is 12.2. The van der Waals surface area contributed by atoms with Gasteiger partial charge >= 0.3 is 0 Å². The summed E-state index contributed by atoms with van der Waals surface area (Å²) in [5.74, 6) is 1.03. The van der Waals surface area contributed by atoms with Gasteiger partial charge in [0.15, 0.2) is 5.96 Å². The number of nitrogens with one attached hydrogen (secondary N) is 2. The minimum atomic E-state index is -2.94. The first-order valence-corrected chi connectivity index (χ1v) is 12.5. The second-order valence-corrected chi connectivity index (χ2v) is 11.0. The molecule has 8 heteroatoms. The summed E-state index contributed by atoms with van der Waals surface area (Å²) < 4.78 is 28.5. The molecule has 0 aromatic rings. The second-order valence-electron chi connectivity index (χ2n) is 8.75. The monoisotopic (exact) mass is 531 g/mol. The van der Waals surface area contributed by atoms with Crippen LogP contribution in [0.1, 0.15) is 66.2 Å². The predicted molar refractivity (Wildman–Crippen MR) is 130 cm³/mol. The zero-order valence-corrected chi connectivity index (χ0v) is 21.6. The topological polar surface area (TPSA) is 79.8 Å². The van der Waals surface area contributed by atoms with Gasteiger partial charge in [0.2, 0.25) is 0 Å². The first kappa shape index (κ1) is 27.9. The number of hydrogen-bond acceptors (Lipinski definition) is 4. The number of ether oxygens (including phenoxy) is 1. The van der Waals surface area contributed by atoms with Gasteiger partial charge in [0, 0.05) is 39.1 Å². The summed E-state index contributed by atoms with van der Waals surface area (Å²) in [4.78, 5) is 4.74. The van der Waals surface area contributed by atoms with Gasteiger partial charge in [0.05, 0.1) is 5.75 Å². The molecule has 168 valence electrons. The van der Waals surface area contributed by atoms with E-state index in [1.54, 1.807) is 0 Å².